The SMILES string of the molecule is Cn1cc(CNCCCOCCO)cc1C#N. The normalized spacial score (nSPS) is 10.4. The largest absolute Gasteiger partial charge is 0.394 e. The predicted molar refractivity (Wildman–Crippen MR) is 64.4 cm³/mol. The summed E-state index contributed by atoms with van der Waals surface area (Å²) in [6, 6.07) is 4.02. The summed E-state index contributed by atoms with van der Waals surface area (Å²) < 4.78 is 6.96. The van der Waals surface area contributed by atoms with Crippen LogP contribution in [0.15, 0.2) is 12.3 Å². The van der Waals surface area contributed by atoms with Crippen LogP contribution in [-0.2, 0) is 18.3 Å². The monoisotopic (exact) mass is 237 g/mol. The number of rotatable bonds is 8. The Balaban J connectivity index is 2.12. The first-order valence-electron chi connectivity index (χ1n) is 5.72. The van der Waals surface area contributed by atoms with Gasteiger partial charge in [-0.2, -0.15) is 5.26 Å². The van der Waals surface area contributed by atoms with Crippen molar-refractivity contribution in [3.8, 4) is 6.07 Å². The number of nitrogens with zero attached hydrogens (tertiary/aromatic N) is 2. The molecule has 0 aliphatic heterocycles. The Kier molecular flexibility index (Phi) is 6.33. The van der Waals surface area contributed by atoms with Crippen LogP contribution in [0.1, 0.15) is 17.7 Å². The lowest BCUT2D eigenvalue weighted by Gasteiger charge is -2.03. The third-order valence-corrected chi connectivity index (χ3v) is 2.38. The minimum atomic E-state index is 0.0778. The molecule has 0 saturated carbocycles. The van der Waals surface area contributed by atoms with E-state index in [-0.39, 0.29) is 6.61 Å². The summed E-state index contributed by atoms with van der Waals surface area (Å²) in [4.78, 5) is 0. The van der Waals surface area contributed by atoms with Gasteiger partial charge in [0.1, 0.15) is 11.8 Å². The summed E-state index contributed by atoms with van der Waals surface area (Å²) in [5.41, 5.74) is 1.79. The Morgan fingerprint density at radius 3 is 3.00 bits per heavy atom. The van der Waals surface area contributed by atoms with E-state index in [0.717, 1.165) is 25.1 Å². The number of aliphatic hydroxyl groups excluding tert-OH is 1. The van der Waals surface area contributed by atoms with Gasteiger partial charge >= 0.3 is 0 Å². The third kappa shape index (κ3) is 5.00. The first-order valence-corrected chi connectivity index (χ1v) is 5.72. The second kappa shape index (κ2) is 7.85. The molecule has 0 aliphatic rings. The second-order valence-corrected chi connectivity index (χ2v) is 3.82. The van der Waals surface area contributed by atoms with Gasteiger partial charge in [-0.3, -0.25) is 0 Å². The maximum atomic E-state index is 8.80. The van der Waals surface area contributed by atoms with Crippen LogP contribution in [0, 0.1) is 11.3 Å². The Hall–Kier alpha value is -1.35. The molecule has 5 heteroatoms. The molecule has 94 valence electrons. The van der Waals surface area contributed by atoms with Crippen molar-refractivity contribution in [2.75, 3.05) is 26.4 Å². The molecule has 17 heavy (non-hydrogen) atoms. The molecule has 0 aliphatic carbocycles. The van der Waals surface area contributed by atoms with Crippen LogP contribution < -0.4 is 5.32 Å². The summed E-state index contributed by atoms with van der Waals surface area (Å²) in [6.07, 6.45) is 2.87. The molecule has 0 bridgehead atoms. The Bertz CT molecular complexity index is 368. The molecule has 1 aromatic rings. The van der Waals surface area contributed by atoms with Crippen molar-refractivity contribution < 1.29 is 9.84 Å². The quantitative estimate of drug-likeness (QED) is 0.641. The molecule has 0 aromatic carbocycles. The molecule has 0 unspecified atom stereocenters. The third-order valence-electron chi connectivity index (χ3n) is 2.38. The Labute approximate surface area is 102 Å². The van der Waals surface area contributed by atoms with Gasteiger partial charge in [0.15, 0.2) is 0 Å². The first kappa shape index (κ1) is 13.7. The number of hydrogen-bond acceptors (Lipinski definition) is 4. The first-order chi connectivity index (χ1) is 8.27. The zero-order chi connectivity index (χ0) is 12.5. The molecule has 0 fully saturated rings. The Morgan fingerprint density at radius 1 is 1.53 bits per heavy atom. The smallest absolute Gasteiger partial charge is 0.120 e. The van der Waals surface area contributed by atoms with Gasteiger partial charge < -0.3 is 19.7 Å². The lowest BCUT2D eigenvalue weighted by molar-refractivity contribution is 0.0907. The van der Waals surface area contributed by atoms with Gasteiger partial charge in [0.25, 0.3) is 0 Å². The topological polar surface area (TPSA) is 70.2 Å². The molecule has 0 amide bonds. The van der Waals surface area contributed by atoms with E-state index in [2.05, 4.69) is 11.4 Å². The van der Waals surface area contributed by atoms with Crippen molar-refractivity contribution in [3.63, 3.8) is 0 Å². The van der Waals surface area contributed by atoms with E-state index in [1.807, 2.05) is 23.9 Å². The number of aromatic nitrogens is 1. The maximum Gasteiger partial charge on any atom is 0.120 e. The molecular weight excluding hydrogens is 218 g/mol. The van der Waals surface area contributed by atoms with E-state index in [4.69, 9.17) is 15.1 Å². The van der Waals surface area contributed by atoms with Crippen LogP contribution in [-0.4, -0.2) is 36.0 Å². The Morgan fingerprint density at radius 2 is 2.35 bits per heavy atom. The average Bonchev–Trinajstić information content (AvgIpc) is 2.68. The molecule has 0 spiro atoms. The fraction of sp³-hybridized carbons (Fsp3) is 0.583. The van der Waals surface area contributed by atoms with Gasteiger partial charge in [-0.1, -0.05) is 0 Å². The van der Waals surface area contributed by atoms with E-state index in [1.165, 1.54) is 0 Å². The number of nitriles is 1. The summed E-state index contributed by atoms with van der Waals surface area (Å²) in [7, 11) is 1.87. The minimum absolute atomic E-state index is 0.0778. The summed E-state index contributed by atoms with van der Waals surface area (Å²) >= 11 is 0. The number of aliphatic hydroxyl groups is 1. The molecule has 1 rings (SSSR count). The highest BCUT2D eigenvalue weighted by molar-refractivity contribution is 5.28. The van der Waals surface area contributed by atoms with Crippen LogP contribution in [0.25, 0.3) is 0 Å². The van der Waals surface area contributed by atoms with Gasteiger partial charge in [-0.05, 0) is 24.6 Å². The molecular formula is C12H19N3O2. The number of aryl methyl sites for hydroxylation is 1. The van der Waals surface area contributed by atoms with Crippen molar-refractivity contribution in [1.82, 2.24) is 9.88 Å². The number of ether oxygens (including phenoxy) is 1. The van der Waals surface area contributed by atoms with Crippen molar-refractivity contribution in [3.05, 3.63) is 23.5 Å². The molecule has 0 atom stereocenters. The minimum Gasteiger partial charge on any atom is -0.394 e. The molecule has 5 nitrogen and oxygen atoms in total. The van der Waals surface area contributed by atoms with Gasteiger partial charge in [0.2, 0.25) is 0 Å². The molecule has 1 heterocycles. The van der Waals surface area contributed by atoms with Crippen molar-refractivity contribution in [2.45, 2.75) is 13.0 Å². The van der Waals surface area contributed by atoms with Crippen LogP contribution >= 0.6 is 0 Å². The molecule has 2 N–H and O–H groups in total. The van der Waals surface area contributed by atoms with E-state index < -0.39 is 0 Å². The maximum absolute atomic E-state index is 8.80. The van der Waals surface area contributed by atoms with Crippen molar-refractivity contribution in [2.24, 2.45) is 7.05 Å². The van der Waals surface area contributed by atoms with Crippen LogP contribution in [0.5, 0.6) is 0 Å². The molecule has 0 saturated heterocycles. The fourth-order valence-corrected chi connectivity index (χ4v) is 1.54. The van der Waals surface area contributed by atoms with Gasteiger partial charge in [0.05, 0.1) is 13.2 Å². The predicted octanol–water partition coefficient (Wildman–Crippen LogP) is 0.385. The average molecular weight is 237 g/mol. The number of hydrogen-bond donors (Lipinski definition) is 2. The van der Waals surface area contributed by atoms with Crippen LogP contribution in [0.2, 0.25) is 0 Å². The van der Waals surface area contributed by atoms with E-state index in [1.54, 1.807) is 0 Å². The lowest BCUT2D eigenvalue weighted by atomic mass is 10.3. The standard InChI is InChI=1S/C12H19N3O2/c1-15-10-11(7-12(15)8-13)9-14-3-2-5-17-6-4-16/h7,10,14,16H,2-6,9H2,1H3. The highest BCUT2D eigenvalue weighted by atomic mass is 16.5. The van der Waals surface area contributed by atoms with Crippen molar-refractivity contribution in [1.29, 1.82) is 5.26 Å². The lowest BCUT2D eigenvalue weighted by Crippen LogP contribution is -2.16. The van der Waals surface area contributed by atoms with Gasteiger partial charge in [-0.15, -0.1) is 0 Å². The fourth-order valence-electron chi connectivity index (χ4n) is 1.54. The highest BCUT2D eigenvalue weighted by Gasteiger charge is 2.01. The van der Waals surface area contributed by atoms with E-state index >= 15 is 0 Å². The number of nitrogens with one attached hydrogen (secondary N) is 1. The second-order valence-electron chi connectivity index (χ2n) is 3.82. The summed E-state index contributed by atoms with van der Waals surface area (Å²) in [6.45, 7) is 2.77. The van der Waals surface area contributed by atoms with E-state index in [0.29, 0.717) is 18.9 Å². The molecule has 0 radical (unpaired) electrons. The summed E-state index contributed by atoms with van der Waals surface area (Å²) in [5, 5.41) is 20.6. The van der Waals surface area contributed by atoms with E-state index in [9.17, 15) is 0 Å². The summed E-state index contributed by atoms with van der Waals surface area (Å²) in [5.74, 6) is 0. The van der Waals surface area contributed by atoms with Crippen LogP contribution in [0.4, 0.5) is 0 Å². The van der Waals surface area contributed by atoms with Gasteiger partial charge in [0, 0.05) is 26.4 Å². The van der Waals surface area contributed by atoms with Crippen molar-refractivity contribution >= 4 is 0 Å². The zero-order valence-electron chi connectivity index (χ0n) is 10.1. The zero-order valence-corrected chi connectivity index (χ0v) is 10.1. The highest BCUT2D eigenvalue weighted by Crippen LogP contribution is 2.05. The van der Waals surface area contributed by atoms with Crippen LogP contribution in [0.3, 0.4) is 0 Å². The molecule has 1 aromatic heterocycles. The van der Waals surface area contributed by atoms with Gasteiger partial charge in [-0.25, -0.2) is 0 Å².